The summed E-state index contributed by atoms with van der Waals surface area (Å²) in [4.78, 5) is 13.8. The molecule has 0 aromatic heterocycles. The molecule has 7 heteroatoms. The number of carbonyl (C=O) groups is 1. The van der Waals surface area contributed by atoms with Crippen LogP contribution in [0.25, 0.3) is 0 Å². The van der Waals surface area contributed by atoms with Gasteiger partial charge < -0.3 is 4.90 Å². The van der Waals surface area contributed by atoms with Crippen molar-refractivity contribution in [1.29, 1.82) is 0 Å². The van der Waals surface area contributed by atoms with Crippen molar-refractivity contribution in [3.63, 3.8) is 0 Å². The van der Waals surface area contributed by atoms with Gasteiger partial charge in [-0.25, -0.2) is 13.6 Å². The number of sulfonamides is 1. The van der Waals surface area contributed by atoms with Gasteiger partial charge in [0.1, 0.15) is 0 Å². The first kappa shape index (κ1) is 15.5. The second-order valence-corrected chi connectivity index (χ2v) is 7.81. The Bertz CT molecular complexity index is 658. The Morgan fingerprint density at radius 2 is 2.00 bits per heavy atom. The molecule has 1 amide bonds. The lowest BCUT2D eigenvalue weighted by molar-refractivity contribution is -0.117. The molecule has 1 unspecified atom stereocenters. The monoisotopic (exact) mass is 360 g/mol. The normalized spacial score (nSPS) is 19.7. The number of benzene rings is 1. The van der Waals surface area contributed by atoms with E-state index in [2.05, 4.69) is 15.9 Å². The summed E-state index contributed by atoms with van der Waals surface area (Å²) in [6, 6.07) is 3.90. The molecule has 0 saturated carbocycles. The molecule has 5 nitrogen and oxygen atoms in total. The molecule has 1 heterocycles. The molecule has 0 spiro atoms. The predicted octanol–water partition coefficient (Wildman–Crippen LogP) is 1.71. The lowest BCUT2D eigenvalue weighted by atomic mass is 10.1. The van der Waals surface area contributed by atoms with Gasteiger partial charge in [-0.2, -0.15) is 0 Å². The van der Waals surface area contributed by atoms with E-state index in [-0.39, 0.29) is 24.0 Å². The molecule has 1 fully saturated rings. The van der Waals surface area contributed by atoms with Crippen molar-refractivity contribution in [3.8, 4) is 0 Å². The first-order valence-electron chi connectivity index (χ1n) is 6.25. The highest BCUT2D eigenvalue weighted by atomic mass is 79.9. The topological polar surface area (TPSA) is 80.5 Å². The standard InChI is InChI=1S/C13H17BrN2O3S/c1-8-4-12(9(2)3-11(8)14)16-6-10(5-13(16)17)7-20(15,18)19/h3-4,10H,5-7H2,1-2H3,(H2,15,18,19). The number of halogens is 1. The van der Waals surface area contributed by atoms with Gasteiger partial charge in [0.25, 0.3) is 0 Å². The molecule has 1 aliphatic rings. The van der Waals surface area contributed by atoms with Gasteiger partial charge in [-0.1, -0.05) is 15.9 Å². The van der Waals surface area contributed by atoms with Crippen molar-refractivity contribution in [2.24, 2.45) is 11.1 Å². The van der Waals surface area contributed by atoms with Gasteiger partial charge in [0.2, 0.25) is 15.9 Å². The molecule has 0 aliphatic carbocycles. The zero-order chi connectivity index (χ0) is 15.1. The molecule has 0 bridgehead atoms. The van der Waals surface area contributed by atoms with Crippen molar-refractivity contribution < 1.29 is 13.2 Å². The Kier molecular flexibility index (Phi) is 4.22. The molecule has 2 rings (SSSR count). The maximum atomic E-state index is 12.1. The first-order valence-corrected chi connectivity index (χ1v) is 8.76. The van der Waals surface area contributed by atoms with Crippen molar-refractivity contribution in [3.05, 3.63) is 27.7 Å². The number of nitrogens with zero attached hydrogens (tertiary/aromatic N) is 1. The van der Waals surface area contributed by atoms with Gasteiger partial charge in [0, 0.05) is 29.0 Å². The first-order chi connectivity index (χ1) is 9.17. The van der Waals surface area contributed by atoms with E-state index < -0.39 is 10.0 Å². The summed E-state index contributed by atoms with van der Waals surface area (Å²) >= 11 is 3.46. The number of carbonyl (C=O) groups excluding carboxylic acids is 1. The molecular weight excluding hydrogens is 344 g/mol. The van der Waals surface area contributed by atoms with Gasteiger partial charge in [-0.3, -0.25) is 4.79 Å². The minimum atomic E-state index is -3.55. The molecule has 0 radical (unpaired) electrons. The Morgan fingerprint density at radius 3 is 2.60 bits per heavy atom. The summed E-state index contributed by atoms with van der Waals surface area (Å²) in [5.41, 5.74) is 2.85. The van der Waals surface area contributed by atoms with Crippen molar-refractivity contribution in [2.45, 2.75) is 20.3 Å². The van der Waals surface area contributed by atoms with Gasteiger partial charge in [0.15, 0.2) is 0 Å². The fraction of sp³-hybridized carbons (Fsp3) is 0.462. The Labute approximate surface area is 127 Å². The van der Waals surface area contributed by atoms with E-state index in [1.165, 1.54) is 0 Å². The summed E-state index contributed by atoms with van der Waals surface area (Å²) in [6.45, 7) is 4.28. The summed E-state index contributed by atoms with van der Waals surface area (Å²) in [6.07, 6.45) is 0.227. The number of anilines is 1. The lowest BCUT2D eigenvalue weighted by Crippen LogP contribution is -2.28. The number of hydrogen-bond donors (Lipinski definition) is 1. The van der Waals surface area contributed by atoms with Crippen LogP contribution in [-0.2, 0) is 14.8 Å². The Balaban J connectivity index is 2.26. The fourth-order valence-electron chi connectivity index (χ4n) is 2.51. The summed E-state index contributed by atoms with van der Waals surface area (Å²) in [7, 11) is -3.55. The number of nitrogens with two attached hydrogens (primary N) is 1. The zero-order valence-corrected chi connectivity index (χ0v) is 13.8. The second-order valence-electron chi connectivity index (χ2n) is 5.29. The van der Waals surface area contributed by atoms with Crippen LogP contribution in [0.5, 0.6) is 0 Å². The van der Waals surface area contributed by atoms with E-state index in [0.29, 0.717) is 6.54 Å². The number of hydrogen-bond acceptors (Lipinski definition) is 3. The van der Waals surface area contributed by atoms with Crippen LogP contribution in [0, 0.1) is 19.8 Å². The highest BCUT2D eigenvalue weighted by Crippen LogP contribution is 2.32. The average molecular weight is 361 g/mol. The highest BCUT2D eigenvalue weighted by molar-refractivity contribution is 9.10. The van der Waals surface area contributed by atoms with E-state index in [1.807, 2.05) is 26.0 Å². The van der Waals surface area contributed by atoms with Crippen LogP contribution in [0.1, 0.15) is 17.5 Å². The molecule has 1 aliphatic heterocycles. The van der Waals surface area contributed by atoms with Crippen molar-refractivity contribution in [2.75, 3.05) is 17.2 Å². The molecule has 20 heavy (non-hydrogen) atoms. The van der Waals surface area contributed by atoms with Gasteiger partial charge >= 0.3 is 0 Å². The quantitative estimate of drug-likeness (QED) is 0.890. The molecule has 110 valence electrons. The summed E-state index contributed by atoms with van der Waals surface area (Å²) in [5, 5.41) is 5.05. The third kappa shape index (κ3) is 3.39. The van der Waals surface area contributed by atoms with Crippen molar-refractivity contribution >= 4 is 37.5 Å². The van der Waals surface area contributed by atoms with E-state index in [4.69, 9.17) is 5.14 Å². The van der Waals surface area contributed by atoms with Crippen LogP contribution in [0.4, 0.5) is 5.69 Å². The maximum absolute atomic E-state index is 12.1. The van der Waals surface area contributed by atoms with Gasteiger partial charge in [0.05, 0.1) is 5.75 Å². The van der Waals surface area contributed by atoms with Gasteiger partial charge in [-0.05, 0) is 37.1 Å². The van der Waals surface area contributed by atoms with Crippen LogP contribution < -0.4 is 10.0 Å². The van der Waals surface area contributed by atoms with E-state index >= 15 is 0 Å². The minimum Gasteiger partial charge on any atom is -0.312 e. The highest BCUT2D eigenvalue weighted by Gasteiger charge is 2.33. The third-order valence-corrected chi connectivity index (χ3v) is 5.23. The number of aryl methyl sites for hydroxylation is 2. The molecular formula is C13H17BrN2O3S. The largest absolute Gasteiger partial charge is 0.312 e. The Hall–Kier alpha value is -0.920. The third-order valence-electron chi connectivity index (χ3n) is 3.44. The average Bonchev–Trinajstić information content (AvgIpc) is 2.62. The van der Waals surface area contributed by atoms with Crippen molar-refractivity contribution in [1.82, 2.24) is 0 Å². The number of amides is 1. The van der Waals surface area contributed by atoms with E-state index in [9.17, 15) is 13.2 Å². The summed E-state index contributed by atoms with van der Waals surface area (Å²) < 4.78 is 23.3. The predicted molar refractivity (Wildman–Crippen MR) is 82.1 cm³/mol. The van der Waals surface area contributed by atoms with Gasteiger partial charge in [-0.15, -0.1) is 0 Å². The summed E-state index contributed by atoms with van der Waals surface area (Å²) in [5.74, 6) is -0.437. The molecule has 1 aromatic rings. The second kappa shape index (κ2) is 5.46. The molecule has 1 aromatic carbocycles. The van der Waals surface area contributed by atoms with Crippen LogP contribution in [0.15, 0.2) is 16.6 Å². The van der Waals surface area contributed by atoms with E-state index in [0.717, 1.165) is 21.3 Å². The van der Waals surface area contributed by atoms with Crippen LogP contribution in [0.2, 0.25) is 0 Å². The van der Waals surface area contributed by atoms with Crippen LogP contribution in [-0.4, -0.2) is 26.6 Å². The molecule has 1 atom stereocenters. The Morgan fingerprint density at radius 1 is 1.35 bits per heavy atom. The molecule has 1 saturated heterocycles. The minimum absolute atomic E-state index is 0.0523. The smallest absolute Gasteiger partial charge is 0.227 e. The van der Waals surface area contributed by atoms with E-state index in [1.54, 1.807) is 4.90 Å². The van der Waals surface area contributed by atoms with Crippen LogP contribution in [0.3, 0.4) is 0 Å². The number of rotatable bonds is 3. The lowest BCUT2D eigenvalue weighted by Gasteiger charge is -2.20. The fourth-order valence-corrected chi connectivity index (χ4v) is 3.85. The SMILES string of the molecule is Cc1cc(N2CC(CS(N)(=O)=O)CC2=O)c(C)cc1Br. The van der Waals surface area contributed by atoms with Crippen LogP contribution >= 0.6 is 15.9 Å². The molecule has 2 N–H and O–H groups in total. The zero-order valence-electron chi connectivity index (χ0n) is 11.4. The maximum Gasteiger partial charge on any atom is 0.227 e. The number of primary sulfonamides is 1.